The summed E-state index contributed by atoms with van der Waals surface area (Å²) >= 11 is 3.12. The summed E-state index contributed by atoms with van der Waals surface area (Å²) in [5.41, 5.74) is 3.38. The average Bonchev–Trinajstić information content (AvgIpc) is 3.17. The molecule has 0 aromatic heterocycles. The third-order valence-corrected chi connectivity index (χ3v) is 7.54. The molecule has 0 radical (unpaired) electrons. The molecule has 1 fully saturated rings. The van der Waals surface area contributed by atoms with E-state index in [1.165, 1.54) is 4.90 Å². The van der Waals surface area contributed by atoms with Gasteiger partial charge in [-0.25, -0.2) is 0 Å². The van der Waals surface area contributed by atoms with Crippen LogP contribution in [0.1, 0.15) is 43.4 Å². The molecule has 0 spiro atoms. The van der Waals surface area contributed by atoms with Crippen molar-refractivity contribution in [1.29, 1.82) is 0 Å². The number of rotatable bonds is 10. The lowest BCUT2D eigenvalue weighted by Gasteiger charge is -2.15. The van der Waals surface area contributed by atoms with Crippen molar-refractivity contribution >= 4 is 63.2 Å². The molecule has 0 bridgehead atoms. The fourth-order valence-corrected chi connectivity index (χ4v) is 5.20. The minimum atomic E-state index is -0.333. The van der Waals surface area contributed by atoms with Gasteiger partial charge < -0.3 is 14.8 Å². The summed E-state index contributed by atoms with van der Waals surface area (Å²) < 4.78 is 12.6. The first-order chi connectivity index (χ1) is 18.7. The van der Waals surface area contributed by atoms with Crippen LogP contribution in [0.5, 0.6) is 11.5 Å². The molecule has 39 heavy (non-hydrogen) atoms. The number of anilines is 1. The van der Waals surface area contributed by atoms with Gasteiger partial charge in [-0.15, -0.1) is 0 Å². The Balaban J connectivity index is 1.44. The van der Waals surface area contributed by atoms with E-state index in [0.29, 0.717) is 28.6 Å². The monoisotopic (exact) mass is 656 g/mol. The summed E-state index contributed by atoms with van der Waals surface area (Å²) in [5, 5.41) is 2.61. The number of para-hydroxylation sites is 1. The van der Waals surface area contributed by atoms with E-state index >= 15 is 0 Å². The minimum absolute atomic E-state index is 0.191. The van der Waals surface area contributed by atoms with E-state index in [0.717, 1.165) is 32.1 Å². The van der Waals surface area contributed by atoms with Gasteiger partial charge in [-0.05, 0) is 100 Å². The molecule has 3 aromatic rings. The number of carbonyl (C=O) groups excluding carboxylic acids is 3. The Bertz CT molecular complexity index is 1400. The smallest absolute Gasteiger partial charge is 0.293 e. The zero-order valence-corrected chi connectivity index (χ0v) is 24.9. The van der Waals surface area contributed by atoms with Crippen molar-refractivity contribution in [2.45, 2.75) is 33.2 Å². The number of carbonyl (C=O) groups is 3. The second-order valence-electron chi connectivity index (χ2n) is 9.11. The van der Waals surface area contributed by atoms with Gasteiger partial charge in [0.1, 0.15) is 0 Å². The van der Waals surface area contributed by atoms with Crippen LogP contribution in [-0.2, 0) is 16.1 Å². The number of hydrogen-bond donors (Lipinski definition) is 1. The molecular weight excluding hydrogens is 627 g/mol. The van der Waals surface area contributed by atoms with Gasteiger partial charge in [0, 0.05) is 9.26 Å². The molecule has 1 aliphatic rings. The van der Waals surface area contributed by atoms with Crippen molar-refractivity contribution in [3.63, 3.8) is 0 Å². The maximum absolute atomic E-state index is 13.0. The first kappa shape index (κ1) is 28.7. The number of nitrogens with zero attached hydrogens (tertiary/aromatic N) is 1. The lowest BCUT2D eigenvalue weighted by atomic mass is 10.0. The summed E-state index contributed by atoms with van der Waals surface area (Å²) in [6, 6.07) is 20.6. The molecule has 0 unspecified atom stereocenters. The Kier molecular flexibility index (Phi) is 9.68. The second-order valence-corrected chi connectivity index (χ2v) is 11.4. The molecule has 3 amide bonds. The van der Waals surface area contributed by atoms with Crippen molar-refractivity contribution < 1.29 is 23.9 Å². The third-order valence-electron chi connectivity index (χ3n) is 5.91. The third kappa shape index (κ3) is 7.42. The molecule has 202 valence electrons. The normalized spacial score (nSPS) is 14.3. The van der Waals surface area contributed by atoms with Gasteiger partial charge in [0.2, 0.25) is 0 Å². The van der Waals surface area contributed by atoms with E-state index < -0.39 is 0 Å². The highest BCUT2D eigenvalue weighted by atomic mass is 127. The van der Waals surface area contributed by atoms with Crippen LogP contribution >= 0.6 is 34.4 Å². The number of amides is 3. The van der Waals surface area contributed by atoms with Gasteiger partial charge in [-0.3, -0.25) is 19.3 Å². The average molecular weight is 657 g/mol. The lowest BCUT2D eigenvalue weighted by molar-refractivity contribution is -0.123. The van der Waals surface area contributed by atoms with Crippen molar-refractivity contribution in [3.05, 3.63) is 91.9 Å². The molecule has 1 saturated heterocycles. The lowest BCUT2D eigenvalue weighted by Crippen LogP contribution is -2.27. The first-order valence-corrected chi connectivity index (χ1v) is 14.4. The summed E-state index contributed by atoms with van der Waals surface area (Å²) in [6.07, 6.45) is 1.67. The molecule has 9 heteroatoms. The Hall–Kier alpha value is -3.31. The first-order valence-electron chi connectivity index (χ1n) is 12.5. The van der Waals surface area contributed by atoms with Crippen LogP contribution in [-0.4, -0.2) is 35.2 Å². The van der Waals surface area contributed by atoms with Gasteiger partial charge in [0.05, 0.1) is 18.1 Å². The number of halogens is 1. The van der Waals surface area contributed by atoms with Crippen molar-refractivity contribution in [2.75, 3.05) is 18.5 Å². The van der Waals surface area contributed by atoms with E-state index in [1.54, 1.807) is 24.3 Å². The molecule has 1 N–H and O–H groups in total. The minimum Gasteiger partial charge on any atom is -0.490 e. The fraction of sp³-hybridized carbons (Fsp3) is 0.233. The van der Waals surface area contributed by atoms with Gasteiger partial charge >= 0.3 is 0 Å². The Morgan fingerprint density at radius 3 is 2.49 bits per heavy atom. The van der Waals surface area contributed by atoms with Gasteiger partial charge in [0.25, 0.3) is 17.1 Å². The highest BCUT2D eigenvalue weighted by Gasteiger charge is 2.35. The molecule has 1 aliphatic heterocycles. The van der Waals surface area contributed by atoms with Crippen LogP contribution in [0.4, 0.5) is 10.5 Å². The summed E-state index contributed by atoms with van der Waals surface area (Å²) in [4.78, 5) is 39.7. The largest absolute Gasteiger partial charge is 0.490 e. The number of benzene rings is 3. The molecule has 3 aromatic carbocycles. The van der Waals surface area contributed by atoms with Crippen LogP contribution in [0.15, 0.2) is 71.6 Å². The Morgan fingerprint density at radius 2 is 1.77 bits per heavy atom. The summed E-state index contributed by atoms with van der Waals surface area (Å²) in [7, 11) is 0. The van der Waals surface area contributed by atoms with Crippen molar-refractivity contribution in [2.24, 2.45) is 0 Å². The van der Waals surface area contributed by atoms with E-state index in [2.05, 4.69) is 41.8 Å². The zero-order valence-electron chi connectivity index (χ0n) is 21.9. The number of nitrogens with one attached hydrogen (secondary N) is 1. The van der Waals surface area contributed by atoms with Crippen LogP contribution in [0.25, 0.3) is 6.08 Å². The summed E-state index contributed by atoms with van der Waals surface area (Å²) in [6.45, 7) is 6.41. The molecule has 1 heterocycles. The van der Waals surface area contributed by atoms with Crippen molar-refractivity contribution in [3.8, 4) is 11.5 Å². The van der Waals surface area contributed by atoms with Crippen LogP contribution in [0, 0.1) is 3.57 Å². The molecular formula is C30H29IN2O5S. The number of imide groups is 1. The van der Waals surface area contributed by atoms with Gasteiger partial charge in [-0.1, -0.05) is 50.2 Å². The van der Waals surface area contributed by atoms with E-state index in [9.17, 15) is 14.4 Å². The highest BCUT2D eigenvalue weighted by molar-refractivity contribution is 14.1. The predicted octanol–water partition coefficient (Wildman–Crippen LogP) is 7.07. The molecule has 4 rings (SSSR count). The second kappa shape index (κ2) is 13.2. The predicted molar refractivity (Wildman–Crippen MR) is 163 cm³/mol. The van der Waals surface area contributed by atoms with Crippen LogP contribution < -0.4 is 14.8 Å². The summed E-state index contributed by atoms with van der Waals surface area (Å²) in [5.74, 6) is 0.507. The molecule has 0 aliphatic carbocycles. The van der Waals surface area contributed by atoms with E-state index in [-0.39, 0.29) is 36.1 Å². The van der Waals surface area contributed by atoms with Gasteiger partial charge in [0.15, 0.2) is 18.1 Å². The zero-order chi connectivity index (χ0) is 27.9. The Morgan fingerprint density at radius 1 is 1.03 bits per heavy atom. The van der Waals surface area contributed by atoms with Crippen LogP contribution in [0.3, 0.4) is 0 Å². The fourth-order valence-electron chi connectivity index (χ4n) is 4.01. The molecule has 0 saturated carbocycles. The maximum Gasteiger partial charge on any atom is 0.293 e. The number of thioether (sulfide) groups is 1. The quantitative estimate of drug-likeness (QED) is 0.186. The molecule has 7 nitrogen and oxygen atoms in total. The number of hydrogen-bond acceptors (Lipinski definition) is 6. The van der Waals surface area contributed by atoms with Crippen molar-refractivity contribution in [1.82, 2.24) is 4.90 Å². The maximum atomic E-state index is 13.0. The van der Waals surface area contributed by atoms with Crippen LogP contribution in [0.2, 0.25) is 0 Å². The molecule has 0 atom stereocenters. The van der Waals surface area contributed by atoms with E-state index in [4.69, 9.17) is 9.47 Å². The Labute approximate surface area is 246 Å². The van der Waals surface area contributed by atoms with E-state index in [1.807, 2.05) is 55.5 Å². The van der Waals surface area contributed by atoms with Gasteiger partial charge in [-0.2, -0.15) is 0 Å². The SMILES string of the molecule is CCOc1cc(/C=C2/SC(=O)N(Cc3ccc(I)cc3)C2=O)ccc1OCC(=O)Nc1ccccc1C(C)C. The standard InChI is InChI=1S/C30H29IN2O5S/c1-4-37-26-15-21(16-27-29(35)33(30(36)39-27)17-20-9-12-22(31)13-10-20)11-14-25(26)38-18-28(34)32-24-8-6-5-7-23(24)19(2)3/h5-16,19H,4,17-18H2,1-3H3,(H,32,34)/b27-16+. The highest BCUT2D eigenvalue weighted by Crippen LogP contribution is 2.35. The number of ether oxygens (including phenoxy) is 2. The topological polar surface area (TPSA) is 84.9 Å².